The number of ether oxygens (including phenoxy) is 1. The first-order chi connectivity index (χ1) is 14.2. The minimum absolute atomic E-state index is 0.0826. The molecule has 0 aliphatic heterocycles. The molecule has 0 radical (unpaired) electrons. The van der Waals surface area contributed by atoms with Crippen LogP contribution in [0.4, 0.5) is 0 Å². The molecule has 0 unspecified atom stereocenters. The van der Waals surface area contributed by atoms with Crippen LogP contribution in [0, 0.1) is 0 Å². The maximum atomic E-state index is 12.2. The van der Waals surface area contributed by atoms with E-state index in [9.17, 15) is 4.79 Å². The summed E-state index contributed by atoms with van der Waals surface area (Å²) in [5.41, 5.74) is 1.85. The zero-order chi connectivity index (χ0) is 20.1. The number of fused-ring (bicyclic) bond motifs is 1. The molecule has 0 aliphatic rings. The molecule has 0 saturated heterocycles. The van der Waals surface area contributed by atoms with Crippen LogP contribution in [0.5, 0.6) is 5.75 Å². The smallest absolute Gasteiger partial charge is 0.227 e. The zero-order valence-corrected chi connectivity index (χ0v) is 16.1. The van der Waals surface area contributed by atoms with Crippen molar-refractivity contribution in [2.24, 2.45) is 0 Å². The van der Waals surface area contributed by atoms with Gasteiger partial charge >= 0.3 is 0 Å². The lowest BCUT2D eigenvalue weighted by Gasteiger charge is -2.09. The van der Waals surface area contributed by atoms with Gasteiger partial charge in [0.25, 0.3) is 0 Å². The van der Waals surface area contributed by atoms with Gasteiger partial charge in [0.1, 0.15) is 5.75 Å². The van der Waals surface area contributed by atoms with Gasteiger partial charge in [0.2, 0.25) is 17.6 Å². The quantitative estimate of drug-likeness (QED) is 0.515. The van der Waals surface area contributed by atoms with Gasteiger partial charge in [0.05, 0.1) is 7.11 Å². The Hall–Kier alpha value is -3.67. The van der Waals surface area contributed by atoms with Gasteiger partial charge in [-0.15, -0.1) is 0 Å². The average molecular weight is 387 g/mol. The van der Waals surface area contributed by atoms with Gasteiger partial charge < -0.3 is 14.6 Å². The molecule has 1 heterocycles. The molecule has 6 nitrogen and oxygen atoms in total. The third kappa shape index (κ3) is 4.27. The first-order valence-electron chi connectivity index (χ1n) is 9.44. The fraction of sp³-hybridized carbons (Fsp3) is 0.174. The zero-order valence-electron chi connectivity index (χ0n) is 16.1. The van der Waals surface area contributed by atoms with E-state index in [1.165, 1.54) is 0 Å². The SMILES string of the molecule is COc1ccccc1CNC(=O)CCc1nc(-c2cccc3ccccc23)no1. The molecule has 0 spiro atoms. The van der Waals surface area contributed by atoms with Crippen molar-refractivity contribution in [3.05, 3.63) is 78.2 Å². The van der Waals surface area contributed by atoms with Crippen molar-refractivity contribution in [3.63, 3.8) is 0 Å². The van der Waals surface area contributed by atoms with Crippen LogP contribution >= 0.6 is 0 Å². The number of amides is 1. The van der Waals surface area contributed by atoms with Gasteiger partial charge in [-0.2, -0.15) is 4.98 Å². The van der Waals surface area contributed by atoms with Crippen molar-refractivity contribution in [1.82, 2.24) is 15.5 Å². The lowest BCUT2D eigenvalue weighted by molar-refractivity contribution is -0.121. The Morgan fingerprint density at radius 1 is 1.03 bits per heavy atom. The van der Waals surface area contributed by atoms with Crippen LogP contribution in [-0.4, -0.2) is 23.2 Å². The first kappa shape index (κ1) is 18.7. The number of benzene rings is 3. The van der Waals surface area contributed by atoms with Crippen molar-refractivity contribution in [2.75, 3.05) is 7.11 Å². The first-order valence-corrected chi connectivity index (χ1v) is 9.44. The lowest BCUT2D eigenvalue weighted by atomic mass is 10.0. The van der Waals surface area contributed by atoms with Crippen molar-refractivity contribution in [3.8, 4) is 17.1 Å². The van der Waals surface area contributed by atoms with Crippen LogP contribution < -0.4 is 10.1 Å². The van der Waals surface area contributed by atoms with Gasteiger partial charge in [0, 0.05) is 30.5 Å². The summed E-state index contributed by atoms with van der Waals surface area (Å²) in [6, 6.07) is 21.7. The number of rotatable bonds is 7. The maximum absolute atomic E-state index is 12.2. The normalized spacial score (nSPS) is 10.8. The monoisotopic (exact) mass is 387 g/mol. The van der Waals surface area contributed by atoms with Crippen molar-refractivity contribution in [2.45, 2.75) is 19.4 Å². The summed E-state index contributed by atoms with van der Waals surface area (Å²) >= 11 is 0. The fourth-order valence-corrected chi connectivity index (χ4v) is 3.24. The molecule has 6 heteroatoms. The Morgan fingerprint density at radius 3 is 2.72 bits per heavy atom. The average Bonchev–Trinajstić information content (AvgIpc) is 3.25. The summed E-state index contributed by atoms with van der Waals surface area (Å²) in [5, 5.41) is 9.18. The van der Waals surface area contributed by atoms with Gasteiger partial charge in [-0.25, -0.2) is 0 Å². The Labute approximate surface area is 168 Å². The molecule has 0 aliphatic carbocycles. The predicted octanol–water partition coefficient (Wildman–Crippen LogP) is 4.15. The molecule has 1 N–H and O–H groups in total. The van der Waals surface area contributed by atoms with Crippen LogP contribution in [0.15, 0.2) is 71.3 Å². The third-order valence-electron chi connectivity index (χ3n) is 4.73. The second kappa shape index (κ2) is 8.56. The molecule has 29 heavy (non-hydrogen) atoms. The van der Waals surface area contributed by atoms with Gasteiger partial charge in [-0.05, 0) is 16.8 Å². The summed E-state index contributed by atoms with van der Waals surface area (Å²) < 4.78 is 10.7. The molecular weight excluding hydrogens is 366 g/mol. The molecular formula is C23H21N3O3. The molecule has 0 saturated carbocycles. The summed E-state index contributed by atoms with van der Waals surface area (Å²) in [5.74, 6) is 1.65. The highest BCUT2D eigenvalue weighted by Crippen LogP contribution is 2.26. The molecule has 3 aromatic carbocycles. The third-order valence-corrected chi connectivity index (χ3v) is 4.73. The van der Waals surface area contributed by atoms with Gasteiger partial charge in [0.15, 0.2) is 0 Å². The number of para-hydroxylation sites is 1. The van der Waals surface area contributed by atoms with E-state index in [4.69, 9.17) is 9.26 Å². The summed E-state index contributed by atoms with van der Waals surface area (Å²) in [4.78, 5) is 16.7. The van der Waals surface area contributed by atoms with E-state index < -0.39 is 0 Å². The predicted molar refractivity (Wildman–Crippen MR) is 110 cm³/mol. The lowest BCUT2D eigenvalue weighted by Crippen LogP contribution is -2.23. The molecule has 1 aromatic heterocycles. The van der Waals surface area contributed by atoms with Crippen LogP contribution in [0.25, 0.3) is 22.2 Å². The number of carbonyl (C=O) groups is 1. The summed E-state index contributed by atoms with van der Waals surface area (Å²) in [6.45, 7) is 0.411. The molecule has 4 rings (SSSR count). The van der Waals surface area contributed by atoms with Crippen LogP contribution in [0.3, 0.4) is 0 Å². The summed E-state index contributed by atoms with van der Waals surface area (Å²) in [6.07, 6.45) is 0.655. The molecule has 0 atom stereocenters. The van der Waals surface area contributed by atoms with E-state index in [0.29, 0.717) is 24.7 Å². The van der Waals surface area contributed by atoms with Gasteiger partial charge in [-0.1, -0.05) is 65.8 Å². The number of nitrogens with zero attached hydrogens (tertiary/aromatic N) is 2. The van der Waals surface area contributed by atoms with E-state index in [-0.39, 0.29) is 12.3 Å². The van der Waals surface area contributed by atoms with E-state index in [0.717, 1.165) is 27.6 Å². The largest absolute Gasteiger partial charge is 0.496 e. The second-order valence-corrected chi connectivity index (χ2v) is 6.63. The fourth-order valence-electron chi connectivity index (χ4n) is 3.24. The van der Waals surface area contributed by atoms with E-state index >= 15 is 0 Å². The standard InChI is InChI=1S/C23H21N3O3/c1-28-20-12-5-3-8-17(20)15-24-21(27)13-14-22-25-23(26-29-22)19-11-6-9-16-7-2-4-10-18(16)19/h2-12H,13-15H2,1H3,(H,24,27). The van der Waals surface area contributed by atoms with E-state index in [1.807, 2.05) is 66.7 Å². The second-order valence-electron chi connectivity index (χ2n) is 6.63. The number of methoxy groups -OCH3 is 1. The van der Waals surface area contributed by atoms with Crippen molar-refractivity contribution >= 4 is 16.7 Å². The number of aromatic nitrogens is 2. The van der Waals surface area contributed by atoms with Gasteiger partial charge in [-0.3, -0.25) is 4.79 Å². The Bertz CT molecular complexity index is 1130. The molecule has 1 amide bonds. The number of carbonyl (C=O) groups excluding carboxylic acids is 1. The van der Waals surface area contributed by atoms with Crippen molar-refractivity contribution in [1.29, 1.82) is 0 Å². The minimum Gasteiger partial charge on any atom is -0.496 e. The van der Waals surface area contributed by atoms with Crippen LogP contribution in [0.1, 0.15) is 17.9 Å². The molecule has 0 fully saturated rings. The summed E-state index contributed by atoms with van der Waals surface area (Å²) in [7, 11) is 1.61. The number of aryl methyl sites for hydroxylation is 1. The highest BCUT2D eigenvalue weighted by atomic mass is 16.5. The highest BCUT2D eigenvalue weighted by Gasteiger charge is 2.13. The Kier molecular flexibility index (Phi) is 5.52. The number of hydrogen-bond acceptors (Lipinski definition) is 5. The highest BCUT2D eigenvalue weighted by molar-refractivity contribution is 5.94. The Balaban J connectivity index is 1.37. The topological polar surface area (TPSA) is 77.2 Å². The maximum Gasteiger partial charge on any atom is 0.227 e. The number of nitrogens with one attached hydrogen (secondary N) is 1. The molecule has 0 bridgehead atoms. The van der Waals surface area contributed by atoms with Crippen molar-refractivity contribution < 1.29 is 14.1 Å². The van der Waals surface area contributed by atoms with Crippen LogP contribution in [-0.2, 0) is 17.8 Å². The Morgan fingerprint density at radius 2 is 1.83 bits per heavy atom. The molecule has 146 valence electrons. The minimum atomic E-state index is -0.0826. The van der Waals surface area contributed by atoms with Crippen LogP contribution in [0.2, 0.25) is 0 Å². The van der Waals surface area contributed by atoms with E-state index in [1.54, 1.807) is 7.11 Å². The number of hydrogen-bond donors (Lipinski definition) is 1. The van der Waals surface area contributed by atoms with E-state index in [2.05, 4.69) is 15.5 Å². The molecule has 4 aromatic rings.